The van der Waals surface area contributed by atoms with E-state index < -0.39 is 10.0 Å². The first-order chi connectivity index (χ1) is 14.5. The fourth-order valence-electron chi connectivity index (χ4n) is 3.08. The predicted molar refractivity (Wildman–Crippen MR) is 117 cm³/mol. The van der Waals surface area contributed by atoms with Crippen LogP contribution in [-0.4, -0.2) is 25.8 Å². The zero-order chi connectivity index (χ0) is 21.1. The molecule has 6 nitrogen and oxygen atoms in total. The fraction of sp³-hybridized carbons (Fsp3) is 0.227. The van der Waals surface area contributed by atoms with Gasteiger partial charge in [0.05, 0.1) is 29.6 Å². The molecule has 4 rings (SSSR count). The lowest BCUT2D eigenvalue weighted by atomic mass is 10.2. The summed E-state index contributed by atoms with van der Waals surface area (Å²) in [7, 11) is -1.93. The van der Waals surface area contributed by atoms with Crippen LogP contribution in [0.4, 0.5) is 5.69 Å². The van der Waals surface area contributed by atoms with Crippen LogP contribution in [-0.2, 0) is 16.6 Å². The van der Waals surface area contributed by atoms with Crippen molar-refractivity contribution < 1.29 is 17.9 Å². The highest BCUT2D eigenvalue weighted by Gasteiger charge is 2.40. The number of hydrogen-bond acceptors (Lipinski definition) is 5. The molecule has 30 heavy (non-hydrogen) atoms. The first-order valence-electron chi connectivity index (χ1n) is 9.50. The monoisotopic (exact) mass is 444 g/mol. The van der Waals surface area contributed by atoms with E-state index in [0.717, 1.165) is 5.56 Å². The van der Waals surface area contributed by atoms with Gasteiger partial charge in [-0.1, -0.05) is 29.8 Å². The minimum Gasteiger partial charge on any atom is -0.493 e. The number of rotatable bonds is 8. The molecule has 8 heteroatoms. The number of nitrogens with zero attached hydrogens (tertiary/aromatic N) is 2. The average Bonchev–Trinajstić information content (AvgIpc) is 3.61. The van der Waals surface area contributed by atoms with E-state index in [9.17, 15) is 8.42 Å². The molecule has 1 saturated carbocycles. The lowest BCUT2D eigenvalue weighted by molar-refractivity contribution is 0.379. The summed E-state index contributed by atoms with van der Waals surface area (Å²) in [5, 5.41) is -0.0435. The van der Waals surface area contributed by atoms with Gasteiger partial charge in [-0.15, -0.1) is 0 Å². The summed E-state index contributed by atoms with van der Waals surface area (Å²) in [5.74, 6) is 1.51. The number of anilines is 1. The lowest BCUT2D eigenvalue weighted by Gasteiger charge is -2.25. The van der Waals surface area contributed by atoms with Crippen LogP contribution >= 0.6 is 11.6 Å². The van der Waals surface area contributed by atoms with Crippen LogP contribution in [0.1, 0.15) is 18.4 Å². The summed E-state index contributed by atoms with van der Waals surface area (Å²) in [6.07, 6.45) is 4.67. The lowest BCUT2D eigenvalue weighted by Crippen LogP contribution is -2.33. The minimum atomic E-state index is -3.49. The van der Waals surface area contributed by atoms with Gasteiger partial charge in [0.25, 0.3) is 0 Å². The van der Waals surface area contributed by atoms with E-state index in [0.29, 0.717) is 40.8 Å². The molecule has 0 N–H and O–H groups in total. The Kier molecular flexibility index (Phi) is 5.83. The number of aromatic nitrogens is 1. The molecule has 0 atom stereocenters. The Labute approximate surface area is 181 Å². The number of hydrogen-bond donors (Lipinski definition) is 0. The highest BCUT2D eigenvalue weighted by atomic mass is 35.5. The summed E-state index contributed by atoms with van der Waals surface area (Å²) >= 11 is 6.47. The molecule has 0 spiro atoms. The van der Waals surface area contributed by atoms with E-state index >= 15 is 0 Å². The molecule has 0 unspecified atom stereocenters. The molecule has 0 aliphatic heterocycles. The van der Waals surface area contributed by atoms with E-state index in [4.69, 9.17) is 21.1 Å². The average molecular weight is 445 g/mol. The number of sulfonamides is 1. The van der Waals surface area contributed by atoms with Gasteiger partial charge >= 0.3 is 0 Å². The van der Waals surface area contributed by atoms with Gasteiger partial charge in [0.2, 0.25) is 10.0 Å². The third-order valence-electron chi connectivity index (χ3n) is 4.79. The third-order valence-corrected chi connectivity index (χ3v) is 7.36. The summed E-state index contributed by atoms with van der Waals surface area (Å²) in [5.41, 5.74) is 1.29. The van der Waals surface area contributed by atoms with E-state index in [-0.39, 0.29) is 11.8 Å². The second-order valence-electron chi connectivity index (χ2n) is 6.98. The normalized spacial score (nSPS) is 13.7. The second kappa shape index (κ2) is 8.53. The van der Waals surface area contributed by atoms with Crippen LogP contribution in [0.2, 0.25) is 5.02 Å². The zero-order valence-corrected chi connectivity index (χ0v) is 17.9. The first kappa shape index (κ1) is 20.5. The molecule has 1 aliphatic rings. The van der Waals surface area contributed by atoms with Crippen LogP contribution in [0.15, 0.2) is 67.0 Å². The van der Waals surface area contributed by atoms with E-state index in [1.807, 2.05) is 18.2 Å². The molecule has 0 amide bonds. The third kappa shape index (κ3) is 4.37. The van der Waals surface area contributed by atoms with Gasteiger partial charge in [0.15, 0.2) is 11.5 Å². The summed E-state index contributed by atoms with van der Waals surface area (Å²) in [4.78, 5) is 4.09. The van der Waals surface area contributed by atoms with Crippen molar-refractivity contribution in [3.63, 3.8) is 0 Å². The van der Waals surface area contributed by atoms with Crippen molar-refractivity contribution in [3.8, 4) is 17.2 Å². The summed E-state index contributed by atoms with van der Waals surface area (Å²) in [6.45, 7) is 0.190. The van der Waals surface area contributed by atoms with Gasteiger partial charge in [-0.25, -0.2) is 8.42 Å². The van der Waals surface area contributed by atoms with Crippen molar-refractivity contribution in [2.24, 2.45) is 0 Å². The van der Waals surface area contributed by atoms with Gasteiger partial charge in [-0.3, -0.25) is 9.29 Å². The quantitative estimate of drug-likeness (QED) is 0.487. The number of benzene rings is 2. The van der Waals surface area contributed by atoms with E-state index in [1.165, 1.54) is 4.31 Å². The molecule has 0 radical (unpaired) electrons. The highest BCUT2D eigenvalue weighted by Crippen LogP contribution is 2.39. The molecular formula is C22H21ClN2O4S. The Hall–Kier alpha value is -2.77. The molecule has 3 aromatic rings. The maximum absolute atomic E-state index is 13.1. The Balaban J connectivity index is 1.65. The number of pyridine rings is 1. The standard InChI is InChI=1S/C22H21ClN2O4S/c1-28-21-6-2-3-7-22(21)29-20-11-8-17(13-19(20)23)25(30(26,27)18-9-10-18)15-16-5-4-12-24-14-16/h2-8,11-14,18H,9-10,15H2,1H3. The molecule has 2 aromatic carbocycles. The molecule has 1 aliphatic carbocycles. The molecule has 1 aromatic heterocycles. The second-order valence-corrected chi connectivity index (χ2v) is 9.52. The predicted octanol–water partition coefficient (Wildman–Crippen LogP) is 5.03. The van der Waals surface area contributed by atoms with Crippen molar-refractivity contribution in [3.05, 3.63) is 77.6 Å². The minimum absolute atomic E-state index is 0.190. The summed E-state index contributed by atoms with van der Waals surface area (Å²) in [6, 6.07) is 15.9. The number of halogens is 1. The zero-order valence-electron chi connectivity index (χ0n) is 16.4. The smallest absolute Gasteiger partial charge is 0.238 e. The Morgan fingerprint density at radius 2 is 1.83 bits per heavy atom. The molecule has 0 saturated heterocycles. The van der Waals surface area contributed by atoms with Crippen molar-refractivity contribution in [2.75, 3.05) is 11.4 Å². The molecule has 1 heterocycles. The van der Waals surface area contributed by atoms with Crippen molar-refractivity contribution in [1.29, 1.82) is 0 Å². The van der Waals surface area contributed by atoms with E-state index in [2.05, 4.69) is 4.98 Å². The van der Waals surface area contributed by atoms with Gasteiger partial charge in [0, 0.05) is 12.4 Å². The topological polar surface area (TPSA) is 68.7 Å². The van der Waals surface area contributed by atoms with Crippen LogP contribution in [0.5, 0.6) is 17.2 Å². The van der Waals surface area contributed by atoms with Crippen LogP contribution in [0.25, 0.3) is 0 Å². The number of methoxy groups -OCH3 is 1. The van der Waals surface area contributed by atoms with Gasteiger partial charge < -0.3 is 9.47 Å². The molecular weight excluding hydrogens is 424 g/mol. The van der Waals surface area contributed by atoms with Crippen molar-refractivity contribution in [1.82, 2.24) is 4.98 Å². The van der Waals surface area contributed by atoms with Gasteiger partial charge in [-0.05, 0) is 54.8 Å². The van der Waals surface area contributed by atoms with Gasteiger partial charge in [-0.2, -0.15) is 0 Å². The van der Waals surface area contributed by atoms with E-state index in [1.54, 1.807) is 55.9 Å². The fourth-order valence-corrected chi connectivity index (χ4v) is 5.12. The van der Waals surface area contributed by atoms with Crippen molar-refractivity contribution in [2.45, 2.75) is 24.6 Å². The van der Waals surface area contributed by atoms with Gasteiger partial charge in [0.1, 0.15) is 5.75 Å². The van der Waals surface area contributed by atoms with Crippen molar-refractivity contribution >= 4 is 27.3 Å². The SMILES string of the molecule is COc1ccccc1Oc1ccc(N(Cc2cccnc2)S(=O)(=O)C2CC2)cc1Cl. The highest BCUT2D eigenvalue weighted by molar-refractivity contribution is 7.93. The Bertz CT molecular complexity index is 1130. The number of ether oxygens (including phenoxy) is 2. The maximum atomic E-state index is 13.1. The summed E-state index contributed by atoms with van der Waals surface area (Å²) < 4.78 is 38.8. The first-order valence-corrected chi connectivity index (χ1v) is 11.4. The largest absolute Gasteiger partial charge is 0.493 e. The van der Waals surface area contributed by atoms with Crippen LogP contribution < -0.4 is 13.8 Å². The molecule has 156 valence electrons. The Morgan fingerprint density at radius 1 is 1.07 bits per heavy atom. The molecule has 0 bridgehead atoms. The number of para-hydroxylation sites is 2. The Morgan fingerprint density at radius 3 is 2.47 bits per heavy atom. The van der Waals surface area contributed by atoms with Crippen LogP contribution in [0.3, 0.4) is 0 Å². The maximum Gasteiger partial charge on any atom is 0.238 e. The molecule has 1 fully saturated rings. The van der Waals surface area contributed by atoms with Crippen LogP contribution in [0, 0.1) is 0 Å².